The van der Waals surface area contributed by atoms with E-state index in [1.165, 1.54) is 0 Å². The van der Waals surface area contributed by atoms with Crippen LogP contribution < -0.4 is 10.6 Å². The van der Waals surface area contributed by atoms with Crippen LogP contribution in [0.2, 0.25) is 0 Å². The van der Waals surface area contributed by atoms with Gasteiger partial charge in [-0.1, -0.05) is 13.8 Å². The number of benzene rings is 1. The van der Waals surface area contributed by atoms with Crippen LogP contribution in [0.3, 0.4) is 0 Å². The Hall–Kier alpha value is -1.21. The van der Waals surface area contributed by atoms with Crippen LogP contribution in [0, 0.1) is 29.1 Å². The molecule has 1 aromatic rings. The van der Waals surface area contributed by atoms with Crippen LogP contribution in [0.1, 0.15) is 19.4 Å². The molecule has 0 amide bonds. The molecule has 0 atom stereocenters. The maximum absolute atomic E-state index is 13.3. The van der Waals surface area contributed by atoms with E-state index >= 15 is 0 Å². The molecule has 0 aromatic heterocycles. The van der Waals surface area contributed by atoms with Gasteiger partial charge in [-0.15, -0.1) is 0 Å². The molecule has 1 rings (SSSR count). The van der Waals surface area contributed by atoms with Gasteiger partial charge in [-0.3, -0.25) is 0 Å². The second-order valence-corrected chi connectivity index (χ2v) is 4.33. The fraction of sp³-hybridized carbons (Fsp3) is 0.500. The highest BCUT2D eigenvalue weighted by Crippen LogP contribution is 2.22. The fourth-order valence-electron chi connectivity index (χ4n) is 1.47. The molecule has 0 aliphatic carbocycles. The van der Waals surface area contributed by atoms with Gasteiger partial charge in [0.05, 0.1) is 0 Å². The van der Waals surface area contributed by atoms with Crippen LogP contribution in [-0.4, -0.2) is 19.1 Å². The van der Waals surface area contributed by atoms with Gasteiger partial charge in [0.25, 0.3) is 0 Å². The van der Waals surface area contributed by atoms with E-state index in [0.29, 0.717) is 13.1 Å². The van der Waals surface area contributed by atoms with Crippen LogP contribution in [0.4, 0.5) is 22.0 Å². The summed E-state index contributed by atoms with van der Waals surface area (Å²) in [4.78, 5) is 0. The lowest BCUT2D eigenvalue weighted by Crippen LogP contribution is -2.31. The summed E-state index contributed by atoms with van der Waals surface area (Å²) in [6.07, 6.45) is 0. The van der Waals surface area contributed by atoms with E-state index in [9.17, 15) is 22.0 Å². The zero-order chi connectivity index (χ0) is 14.6. The van der Waals surface area contributed by atoms with Crippen LogP contribution >= 0.6 is 0 Å². The van der Waals surface area contributed by atoms with Gasteiger partial charge in [-0.2, -0.15) is 0 Å². The summed E-state index contributed by atoms with van der Waals surface area (Å²) >= 11 is 0. The third-order valence-corrected chi connectivity index (χ3v) is 2.46. The Morgan fingerprint density at radius 1 is 0.789 bits per heavy atom. The zero-order valence-corrected chi connectivity index (χ0v) is 10.6. The quantitative estimate of drug-likeness (QED) is 0.362. The molecular weight excluding hydrogens is 267 g/mol. The predicted octanol–water partition coefficient (Wildman–Crippen LogP) is 2.47. The van der Waals surface area contributed by atoms with E-state index in [-0.39, 0.29) is 6.04 Å². The normalized spacial score (nSPS) is 11.4. The molecule has 7 heteroatoms. The molecule has 2 nitrogen and oxygen atoms in total. The maximum atomic E-state index is 13.3. The van der Waals surface area contributed by atoms with E-state index in [4.69, 9.17) is 0 Å². The zero-order valence-electron chi connectivity index (χ0n) is 10.6. The van der Waals surface area contributed by atoms with Gasteiger partial charge in [0.15, 0.2) is 23.3 Å². The van der Waals surface area contributed by atoms with Crippen LogP contribution in [0.25, 0.3) is 0 Å². The lowest BCUT2D eigenvalue weighted by molar-refractivity contribution is 0.367. The summed E-state index contributed by atoms with van der Waals surface area (Å²) in [5.41, 5.74) is -0.846. The lowest BCUT2D eigenvalue weighted by atomic mass is 10.1. The van der Waals surface area contributed by atoms with Gasteiger partial charge in [0.2, 0.25) is 5.82 Å². The summed E-state index contributed by atoms with van der Waals surface area (Å²) in [5, 5.41) is 5.65. The number of rotatable bonds is 6. The molecule has 0 saturated carbocycles. The van der Waals surface area contributed by atoms with Gasteiger partial charge in [0.1, 0.15) is 0 Å². The predicted molar refractivity (Wildman–Crippen MR) is 61.1 cm³/mol. The second kappa shape index (κ2) is 6.81. The second-order valence-electron chi connectivity index (χ2n) is 4.33. The van der Waals surface area contributed by atoms with E-state index in [0.717, 1.165) is 0 Å². The highest BCUT2D eigenvalue weighted by atomic mass is 19.2. The van der Waals surface area contributed by atoms with E-state index in [2.05, 4.69) is 10.6 Å². The molecule has 0 unspecified atom stereocenters. The Labute approximate surface area is 108 Å². The summed E-state index contributed by atoms with van der Waals surface area (Å²) in [6, 6.07) is 0.246. The molecule has 0 radical (unpaired) electrons. The number of hydrogen-bond acceptors (Lipinski definition) is 2. The topological polar surface area (TPSA) is 24.1 Å². The van der Waals surface area contributed by atoms with Gasteiger partial charge in [0, 0.05) is 31.2 Å². The molecule has 0 saturated heterocycles. The SMILES string of the molecule is CC(C)NCCNCc1c(F)c(F)c(F)c(F)c1F. The molecule has 0 fully saturated rings. The summed E-state index contributed by atoms with van der Waals surface area (Å²) in [7, 11) is 0. The minimum Gasteiger partial charge on any atom is -0.313 e. The Morgan fingerprint density at radius 2 is 1.26 bits per heavy atom. The maximum Gasteiger partial charge on any atom is 0.200 e. The average molecular weight is 282 g/mol. The standard InChI is InChI=1S/C12H15F5N2/c1-6(2)19-4-3-18-5-7-8(13)10(15)12(17)11(16)9(7)14/h6,18-19H,3-5H2,1-2H3. The van der Waals surface area contributed by atoms with Gasteiger partial charge >= 0.3 is 0 Å². The van der Waals surface area contributed by atoms with Crippen molar-refractivity contribution >= 4 is 0 Å². The first-order chi connectivity index (χ1) is 8.86. The smallest absolute Gasteiger partial charge is 0.200 e. The largest absolute Gasteiger partial charge is 0.313 e. The summed E-state index contributed by atoms with van der Waals surface area (Å²) < 4.78 is 65.1. The highest BCUT2D eigenvalue weighted by Gasteiger charge is 2.25. The Morgan fingerprint density at radius 3 is 1.74 bits per heavy atom. The third-order valence-electron chi connectivity index (χ3n) is 2.46. The Balaban J connectivity index is 2.69. The number of hydrogen-bond donors (Lipinski definition) is 2. The lowest BCUT2D eigenvalue weighted by Gasteiger charge is -2.11. The monoisotopic (exact) mass is 282 g/mol. The van der Waals surface area contributed by atoms with Crippen molar-refractivity contribution in [2.75, 3.05) is 13.1 Å². The molecule has 1 aromatic carbocycles. The van der Waals surface area contributed by atoms with Crippen molar-refractivity contribution in [2.45, 2.75) is 26.4 Å². The van der Waals surface area contributed by atoms with Crippen molar-refractivity contribution in [2.24, 2.45) is 0 Å². The van der Waals surface area contributed by atoms with Crippen molar-refractivity contribution in [3.8, 4) is 0 Å². The van der Waals surface area contributed by atoms with Crippen LogP contribution in [0.15, 0.2) is 0 Å². The average Bonchev–Trinajstić information content (AvgIpc) is 2.37. The molecule has 0 aliphatic rings. The van der Waals surface area contributed by atoms with Crippen LogP contribution in [-0.2, 0) is 6.54 Å². The highest BCUT2D eigenvalue weighted by molar-refractivity contribution is 5.23. The Bertz CT molecular complexity index is 419. The number of halogens is 5. The first kappa shape index (κ1) is 15.8. The molecule has 0 bridgehead atoms. The fourth-order valence-corrected chi connectivity index (χ4v) is 1.47. The van der Waals surface area contributed by atoms with E-state index in [1.807, 2.05) is 13.8 Å². The van der Waals surface area contributed by atoms with Gasteiger partial charge < -0.3 is 10.6 Å². The molecule has 0 heterocycles. The van der Waals surface area contributed by atoms with Crippen molar-refractivity contribution in [3.05, 3.63) is 34.6 Å². The minimum atomic E-state index is -2.14. The summed E-state index contributed by atoms with van der Waals surface area (Å²) in [6.45, 7) is 4.28. The minimum absolute atomic E-state index is 0.246. The Kier molecular flexibility index (Phi) is 5.68. The molecule has 2 N–H and O–H groups in total. The van der Waals surface area contributed by atoms with E-state index in [1.54, 1.807) is 0 Å². The van der Waals surface area contributed by atoms with Gasteiger partial charge in [-0.25, -0.2) is 22.0 Å². The molecule has 19 heavy (non-hydrogen) atoms. The first-order valence-corrected chi connectivity index (χ1v) is 5.80. The molecular formula is C12H15F5N2. The molecule has 0 spiro atoms. The molecule has 108 valence electrons. The first-order valence-electron chi connectivity index (χ1n) is 5.80. The molecule has 0 aliphatic heterocycles. The van der Waals surface area contributed by atoms with Crippen LogP contribution in [0.5, 0.6) is 0 Å². The van der Waals surface area contributed by atoms with Gasteiger partial charge in [-0.05, 0) is 0 Å². The van der Waals surface area contributed by atoms with E-state index < -0.39 is 41.2 Å². The van der Waals surface area contributed by atoms with Crippen molar-refractivity contribution < 1.29 is 22.0 Å². The third kappa shape index (κ3) is 3.87. The number of nitrogens with one attached hydrogen (secondary N) is 2. The van der Waals surface area contributed by atoms with Crippen molar-refractivity contribution in [3.63, 3.8) is 0 Å². The summed E-state index contributed by atoms with van der Waals surface area (Å²) in [5.74, 6) is -9.56. The van der Waals surface area contributed by atoms with Crippen molar-refractivity contribution in [1.82, 2.24) is 10.6 Å². The van der Waals surface area contributed by atoms with Crippen molar-refractivity contribution in [1.29, 1.82) is 0 Å².